The third-order valence-electron chi connectivity index (χ3n) is 6.00. The molecule has 166 valence electrons. The fourth-order valence-electron chi connectivity index (χ4n) is 3.79. The molecule has 0 unspecified atom stereocenters. The fourth-order valence-corrected chi connectivity index (χ4v) is 3.79. The van der Waals surface area contributed by atoms with Crippen LogP contribution >= 0.6 is 0 Å². The molecule has 0 aromatic rings. The van der Waals surface area contributed by atoms with Crippen molar-refractivity contribution in [3.05, 3.63) is 0 Å². The molecule has 0 atom stereocenters. The second-order valence-corrected chi connectivity index (χ2v) is 8.59. The largest absolute Gasteiger partial charge is 0.405 e. The van der Waals surface area contributed by atoms with E-state index in [-0.39, 0.29) is 0 Å². The van der Waals surface area contributed by atoms with Crippen molar-refractivity contribution in [2.24, 2.45) is 0 Å². The van der Waals surface area contributed by atoms with Gasteiger partial charge in [0, 0.05) is 0 Å². The lowest BCUT2D eigenvalue weighted by atomic mass is 10.0. The van der Waals surface area contributed by atoms with Gasteiger partial charge in [0.2, 0.25) is 14.8 Å². The maximum absolute atomic E-state index is 8.52. The van der Waals surface area contributed by atoms with Gasteiger partial charge in [0.1, 0.15) is 0 Å². The van der Waals surface area contributed by atoms with Gasteiger partial charge in [-0.15, -0.1) is 0 Å². The zero-order valence-corrected chi connectivity index (χ0v) is 20.4. The molecule has 0 saturated heterocycles. The highest BCUT2D eigenvalue weighted by atomic mass is 80.0. The van der Waals surface area contributed by atoms with Crippen LogP contribution < -0.4 is 12.6 Å². The summed E-state index contributed by atoms with van der Waals surface area (Å²) >= 11 is -3.65. The van der Waals surface area contributed by atoms with Crippen molar-refractivity contribution >= 4 is 0 Å². The van der Waals surface area contributed by atoms with Gasteiger partial charge in [-0.25, -0.2) is 0 Å². The van der Waals surface area contributed by atoms with Gasteiger partial charge in [-0.3, -0.25) is 0 Å². The van der Waals surface area contributed by atoms with Crippen molar-refractivity contribution in [1.82, 2.24) is 0 Å². The zero-order valence-electron chi connectivity index (χ0n) is 18.8. The quantitative estimate of drug-likeness (QED) is 0.234. The summed E-state index contributed by atoms with van der Waals surface area (Å²) in [6.07, 6.45) is 20.5. The lowest BCUT2D eigenvalue weighted by Crippen LogP contribution is -2.48. The SMILES string of the molecule is CCCCCCCCCCCCCCCC[N+](CC)(CC)CC.[O-][Br+2]([O-])[O-]. The number of nitrogens with zero attached hydrogens (tertiary/aromatic N) is 1. The molecule has 0 aliphatic carbocycles. The predicted octanol–water partition coefficient (Wildman–Crippen LogP) is 3.78. The first-order chi connectivity index (χ1) is 13.0. The second-order valence-electron chi connectivity index (χ2n) is 7.80. The number of rotatable bonds is 18. The minimum absolute atomic E-state index is 1.31. The van der Waals surface area contributed by atoms with E-state index in [1.54, 1.807) is 0 Å². The maximum Gasteiger partial charge on any atom is 0.216 e. The molecule has 0 radical (unpaired) electrons. The molecule has 0 spiro atoms. The summed E-state index contributed by atoms with van der Waals surface area (Å²) in [6, 6.07) is 0. The molecule has 0 aliphatic rings. The zero-order chi connectivity index (χ0) is 20.8. The highest BCUT2D eigenvalue weighted by molar-refractivity contribution is 4.50. The van der Waals surface area contributed by atoms with Crippen LogP contribution in [0.25, 0.3) is 0 Å². The second kappa shape index (κ2) is 22.6. The van der Waals surface area contributed by atoms with Gasteiger partial charge < -0.3 is 17.1 Å². The lowest BCUT2D eigenvalue weighted by molar-refractivity contribution is -1.73. The van der Waals surface area contributed by atoms with Crippen LogP contribution in [0.5, 0.6) is 0 Å². The van der Waals surface area contributed by atoms with E-state index in [1.165, 1.54) is 121 Å². The molecule has 0 amide bonds. The van der Waals surface area contributed by atoms with Gasteiger partial charge in [-0.1, -0.05) is 84.0 Å². The summed E-state index contributed by atoms with van der Waals surface area (Å²) in [7, 11) is 0. The monoisotopic (exact) mass is 453 g/mol. The Hall–Kier alpha value is 0.320. The molecule has 0 aliphatic heterocycles. The number of halogens is 1. The van der Waals surface area contributed by atoms with E-state index in [4.69, 9.17) is 12.6 Å². The molecule has 0 fully saturated rings. The third kappa shape index (κ3) is 22.5. The number of unbranched alkanes of at least 4 members (excludes halogenated alkanes) is 13. The van der Waals surface area contributed by atoms with Crippen molar-refractivity contribution in [1.29, 1.82) is 0 Å². The van der Waals surface area contributed by atoms with Gasteiger partial charge in [0.05, 0.1) is 26.2 Å². The van der Waals surface area contributed by atoms with E-state index >= 15 is 0 Å². The van der Waals surface area contributed by atoms with E-state index in [2.05, 4.69) is 27.7 Å². The summed E-state index contributed by atoms with van der Waals surface area (Å²) in [6.45, 7) is 14.7. The molecule has 27 heavy (non-hydrogen) atoms. The van der Waals surface area contributed by atoms with Gasteiger partial charge >= 0.3 is 0 Å². The molecular formula is C22H48BrNO3. The molecule has 0 rings (SSSR count). The van der Waals surface area contributed by atoms with Crippen LogP contribution in [0.3, 0.4) is 0 Å². The Balaban J connectivity index is 0. The number of hydrogen-bond acceptors (Lipinski definition) is 3. The summed E-state index contributed by atoms with van der Waals surface area (Å²) < 4.78 is 26.9. The van der Waals surface area contributed by atoms with Gasteiger partial charge in [0.25, 0.3) is 0 Å². The highest BCUT2D eigenvalue weighted by Crippen LogP contribution is 2.14. The molecule has 0 aromatic carbocycles. The average Bonchev–Trinajstić information content (AvgIpc) is 2.65. The van der Waals surface area contributed by atoms with E-state index in [1.807, 2.05) is 0 Å². The van der Waals surface area contributed by atoms with Crippen molar-refractivity contribution in [2.45, 2.75) is 118 Å². The summed E-state index contributed by atoms with van der Waals surface area (Å²) in [5.41, 5.74) is 0. The van der Waals surface area contributed by atoms with Crippen LogP contribution in [0.15, 0.2) is 0 Å². The van der Waals surface area contributed by atoms with Crippen molar-refractivity contribution in [3.63, 3.8) is 0 Å². The van der Waals surface area contributed by atoms with E-state index < -0.39 is 14.8 Å². The molecule has 0 heterocycles. The van der Waals surface area contributed by atoms with Crippen molar-refractivity contribution in [3.8, 4) is 0 Å². The van der Waals surface area contributed by atoms with Crippen molar-refractivity contribution in [2.75, 3.05) is 26.2 Å². The van der Waals surface area contributed by atoms with E-state index in [9.17, 15) is 0 Å². The number of quaternary nitrogens is 1. The van der Waals surface area contributed by atoms with Gasteiger partial charge in [-0.2, -0.15) is 0 Å². The van der Waals surface area contributed by atoms with Crippen LogP contribution in [0, 0.1) is 14.8 Å². The Kier molecular flexibility index (Phi) is 24.7. The smallest absolute Gasteiger partial charge is 0.216 e. The lowest BCUT2D eigenvalue weighted by Gasteiger charge is -2.35. The molecular weight excluding hydrogens is 406 g/mol. The minimum Gasteiger partial charge on any atom is -0.405 e. The normalized spacial score (nSPS) is 11.6. The van der Waals surface area contributed by atoms with Crippen LogP contribution in [0.2, 0.25) is 0 Å². The molecule has 0 saturated carbocycles. The fraction of sp³-hybridized carbons (Fsp3) is 1.00. The van der Waals surface area contributed by atoms with Gasteiger partial charge in [0.15, 0.2) is 0 Å². The van der Waals surface area contributed by atoms with Crippen molar-refractivity contribution < 1.29 is 31.9 Å². The average molecular weight is 455 g/mol. The molecule has 5 heteroatoms. The predicted molar refractivity (Wildman–Crippen MR) is 107 cm³/mol. The first kappa shape index (κ1) is 29.5. The summed E-state index contributed by atoms with van der Waals surface area (Å²) in [5, 5.41) is 0. The highest BCUT2D eigenvalue weighted by Gasteiger charge is 2.19. The van der Waals surface area contributed by atoms with Gasteiger partial charge in [-0.05, 0) is 33.6 Å². The first-order valence-corrected chi connectivity index (χ1v) is 13.5. The molecule has 4 nitrogen and oxygen atoms in total. The Labute approximate surface area is 175 Å². The number of hydrogen-bond donors (Lipinski definition) is 0. The van der Waals surface area contributed by atoms with Crippen LogP contribution in [-0.4, -0.2) is 30.7 Å². The Morgan fingerprint density at radius 1 is 0.481 bits per heavy atom. The Morgan fingerprint density at radius 3 is 1.00 bits per heavy atom. The molecule has 0 aromatic heterocycles. The van der Waals surface area contributed by atoms with Crippen LogP contribution in [0.4, 0.5) is 0 Å². The van der Waals surface area contributed by atoms with Crippen LogP contribution in [0.1, 0.15) is 118 Å². The van der Waals surface area contributed by atoms with Crippen LogP contribution in [-0.2, 0) is 0 Å². The standard InChI is InChI=1S/C22H48N.BrO3/c1-5-9-10-11-12-13-14-15-16-17-18-19-20-21-22-23(6-2,7-3)8-4;2-1(3)4/h5-22H2,1-4H3;/q+1;-1. The Bertz CT molecular complexity index is 263. The topological polar surface area (TPSA) is 69.2 Å². The van der Waals surface area contributed by atoms with E-state index in [0.717, 1.165) is 0 Å². The van der Waals surface area contributed by atoms with E-state index in [0.29, 0.717) is 0 Å². The summed E-state index contributed by atoms with van der Waals surface area (Å²) in [5.74, 6) is 0. The Morgan fingerprint density at radius 2 is 0.741 bits per heavy atom. The minimum atomic E-state index is -3.65. The third-order valence-corrected chi connectivity index (χ3v) is 6.00. The molecule has 0 N–H and O–H groups in total. The summed E-state index contributed by atoms with van der Waals surface area (Å²) in [4.78, 5) is 0. The maximum atomic E-state index is 8.52. The molecule has 0 bridgehead atoms. The first-order valence-electron chi connectivity index (χ1n) is 11.6.